The Morgan fingerprint density at radius 2 is 1.87 bits per heavy atom. The topological polar surface area (TPSA) is 82.6 Å². The van der Waals surface area contributed by atoms with Crippen LogP contribution in [0.5, 0.6) is 0 Å². The number of aliphatic hydroxyl groups is 1. The lowest BCUT2D eigenvalue weighted by molar-refractivity contribution is -0.140. The SMILES string of the molecule is COCCN1C(=O)C(=O)/C(=C(/O)c2ccc(Br)cc2)C1c1c(C)[nH]c2ccccc12. The van der Waals surface area contributed by atoms with Gasteiger partial charge in [0, 0.05) is 45.9 Å². The molecule has 1 atom stereocenters. The molecule has 6 nitrogen and oxygen atoms in total. The molecule has 154 valence electrons. The highest BCUT2D eigenvalue weighted by molar-refractivity contribution is 9.10. The number of ether oxygens (including phenoxy) is 1. The van der Waals surface area contributed by atoms with Gasteiger partial charge in [0.25, 0.3) is 11.7 Å². The molecule has 1 aromatic heterocycles. The number of nitrogens with zero attached hydrogens (tertiary/aromatic N) is 1. The number of halogens is 1. The summed E-state index contributed by atoms with van der Waals surface area (Å²) in [6, 6.07) is 14.0. The summed E-state index contributed by atoms with van der Waals surface area (Å²) in [5.74, 6) is -1.52. The zero-order valence-corrected chi connectivity index (χ0v) is 18.2. The van der Waals surface area contributed by atoms with E-state index in [1.807, 2.05) is 31.2 Å². The van der Waals surface area contributed by atoms with Crippen LogP contribution in [0.4, 0.5) is 0 Å². The van der Waals surface area contributed by atoms with Crippen molar-refractivity contribution in [1.29, 1.82) is 0 Å². The van der Waals surface area contributed by atoms with Crippen LogP contribution < -0.4 is 0 Å². The smallest absolute Gasteiger partial charge is 0.295 e. The van der Waals surface area contributed by atoms with Crippen LogP contribution in [0, 0.1) is 6.92 Å². The van der Waals surface area contributed by atoms with Crippen LogP contribution in [0.1, 0.15) is 22.9 Å². The number of aliphatic hydroxyl groups excluding tert-OH is 1. The number of H-pyrrole nitrogens is 1. The van der Waals surface area contributed by atoms with E-state index < -0.39 is 17.7 Å². The number of nitrogens with one attached hydrogen (secondary N) is 1. The molecule has 4 rings (SSSR count). The minimum absolute atomic E-state index is 0.0891. The quantitative estimate of drug-likeness (QED) is 0.332. The minimum atomic E-state index is -0.708. The molecule has 7 heteroatoms. The van der Waals surface area contributed by atoms with Crippen molar-refractivity contribution in [3.63, 3.8) is 0 Å². The molecule has 30 heavy (non-hydrogen) atoms. The Hall–Kier alpha value is -2.90. The number of methoxy groups -OCH3 is 1. The third-order valence-corrected chi connectivity index (χ3v) is 5.94. The van der Waals surface area contributed by atoms with Gasteiger partial charge in [-0.2, -0.15) is 0 Å². The van der Waals surface area contributed by atoms with Crippen molar-refractivity contribution in [2.45, 2.75) is 13.0 Å². The van der Waals surface area contributed by atoms with Crippen LogP contribution in [0.2, 0.25) is 0 Å². The number of Topliss-reactive ketones (excluding diaryl/α,β-unsaturated/α-hetero) is 1. The van der Waals surface area contributed by atoms with E-state index >= 15 is 0 Å². The summed E-state index contributed by atoms with van der Waals surface area (Å²) in [5, 5.41) is 12.0. The fourth-order valence-electron chi connectivity index (χ4n) is 4.01. The Balaban J connectivity index is 1.96. The van der Waals surface area contributed by atoms with Gasteiger partial charge in [-0.05, 0) is 25.1 Å². The summed E-state index contributed by atoms with van der Waals surface area (Å²) in [6.45, 7) is 2.43. The number of rotatable bonds is 5. The number of hydrogen-bond donors (Lipinski definition) is 2. The summed E-state index contributed by atoms with van der Waals surface area (Å²) in [4.78, 5) is 30.8. The number of aryl methyl sites for hydroxylation is 1. The molecule has 1 saturated heterocycles. The monoisotopic (exact) mass is 468 g/mol. The maximum atomic E-state index is 13.0. The molecular weight excluding hydrogens is 448 g/mol. The number of benzene rings is 2. The summed E-state index contributed by atoms with van der Waals surface area (Å²) in [5.41, 5.74) is 3.12. The lowest BCUT2D eigenvalue weighted by Crippen LogP contribution is -2.32. The van der Waals surface area contributed by atoms with Gasteiger partial charge in [-0.3, -0.25) is 9.59 Å². The molecule has 1 amide bonds. The number of fused-ring (bicyclic) bond motifs is 1. The predicted molar refractivity (Wildman–Crippen MR) is 118 cm³/mol. The van der Waals surface area contributed by atoms with Crippen molar-refractivity contribution < 1.29 is 19.4 Å². The fraction of sp³-hybridized carbons (Fsp3) is 0.217. The van der Waals surface area contributed by atoms with Crippen molar-refractivity contribution in [1.82, 2.24) is 9.88 Å². The first kappa shape index (κ1) is 20.4. The average molecular weight is 469 g/mol. The average Bonchev–Trinajstić information content (AvgIpc) is 3.19. The number of para-hydroxylation sites is 1. The van der Waals surface area contributed by atoms with E-state index in [0.717, 1.165) is 26.6 Å². The molecule has 0 aliphatic carbocycles. The third-order valence-electron chi connectivity index (χ3n) is 5.41. The van der Waals surface area contributed by atoms with Gasteiger partial charge in [-0.15, -0.1) is 0 Å². The van der Waals surface area contributed by atoms with E-state index in [1.165, 1.54) is 4.90 Å². The number of ketones is 1. The highest BCUT2D eigenvalue weighted by atomic mass is 79.9. The number of aromatic nitrogens is 1. The molecule has 1 aliphatic rings. The Morgan fingerprint density at radius 1 is 1.17 bits per heavy atom. The normalized spacial score (nSPS) is 18.5. The number of amides is 1. The summed E-state index contributed by atoms with van der Waals surface area (Å²) in [6.07, 6.45) is 0. The second-order valence-corrected chi connectivity index (χ2v) is 8.12. The molecule has 0 radical (unpaired) electrons. The van der Waals surface area contributed by atoms with Gasteiger partial charge in [0.15, 0.2) is 0 Å². The van der Waals surface area contributed by atoms with E-state index in [9.17, 15) is 14.7 Å². The number of aromatic amines is 1. The second kappa shape index (κ2) is 8.08. The maximum Gasteiger partial charge on any atom is 0.295 e. The Morgan fingerprint density at radius 3 is 2.57 bits per heavy atom. The molecule has 0 saturated carbocycles. The van der Waals surface area contributed by atoms with Gasteiger partial charge in [0.2, 0.25) is 0 Å². The maximum absolute atomic E-state index is 13.0. The summed E-state index contributed by atoms with van der Waals surface area (Å²) < 4.78 is 6.02. The van der Waals surface area contributed by atoms with Gasteiger partial charge in [-0.1, -0.05) is 46.3 Å². The lowest BCUT2D eigenvalue weighted by atomic mass is 9.93. The molecule has 0 bridgehead atoms. The molecule has 0 spiro atoms. The van der Waals surface area contributed by atoms with Crippen LogP contribution in [0.3, 0.4) is 0 Å². The van der Waals surface area contributed by atoms with Crippen LogP contribution in [-0.2, 0) is 14.3 Å². The fourth-order valence-corrected chi connectivity index (χ4v) is 4.28. The Kier molecular flexibility index (Phi) is 5.49. The molecule has 1 unspecified atom stereocenters. The van der Waals surface area contributed by atoms with Crippen molar-refractivity contribution in [3.05, 3.63) is 75.4 Å². The first-order valence-electron chi connectivity index (χ1n) is 9.54. The molecular formula is C23H21BrN2O4. The van der Waals surface area contributed by atoms with Crippen LogP contribution in [0.15, 0.2) is 58.6 Å². The predicted octanol–water partition coefficient (Wildman–Crippen LogP) is 4.31. The molecule has 2 N–H and O–H groups in total. The van der Waals surface area contributed by atoms with E-state index in [1.54, 1.807) is 31.4 Å². The van der Waals surface area contributed by atoms with E-state index in [4.69, 9.17) is 4.74 Å². The van der Waals surface area contributed by atoms with Gasteiger partial charge < -0.3 is 19.7 Å². The molecule has 2 heterocycles. The van der Waals surface area contributed by atoms with Gasteiger partial charge in [-0.25, -0.2) is 0 Å². The van der Waals surface area contributed by atoms with Crippen molar-refractivity contribution in [2.75, 3.05) is 20.3 Å². The van der Waals surface area contributed by atoms with Crippen molar-refractivity contribution in [3.8, 4) is 0 Å². The molecule has 1 fully saturated rings. The number of likely N-dealkylation sites (tertiary alicyclic amines) is 1. The van der Waals surface area contributed by atoms with E-state index in [0.29, 0.717) is 5.56 Å². The van der Waals surface area contributed by atoms with Crippen LogP contribution >= 0.6 is 15.9 Å². The van der Waals surface area contributed by atoms with Gasteiger partial charge >= 0.3 is 0 Å². The zero-order valence-electron chi connectivity index (χ0n) is 16.6. The van der Waals surface area contributed by atoms with Gasteiger partial charge in [0.1, 0.15) is 5.76 Å². The molecule has 1 aliphatic heterocycles. The molecule has 2 aromatic carbocycles. The van der Waals surface area contributed by atoms with Crippen LogP contribution in [0.25, 0.3) is 16.7 Å². The molecule has 3 aromatic rings. The minimum Gasteiger partial charge on any atom is -0.507 e. The van der Waals surface area contributed by atoms with Crippen LogP contribution in [-0.4, -0.2) is 46.9 Å². The second-order valence-electron chi connectivity index (χ2n) is 7.20. The van der Waals surface area contributed by atoms with Gasteiger partial charge in [0.05, 0.1) is 18.2 Å². The highest BCUT2D eigenvalue weighted by Crippen LogP contribution is 2.43. The number of carbonyl (C=O) groups excluding carboxylic acids is 2. The van der Waals surface area contributed by atoms with E-state index in [-0.39, 0.29) is 24.5 Å². The number of carbonyl (C=O) groups is 2. The third kappa shape index (κ3) is 3.34. The van der Waals surface area contributed by atoms with Crippen molar-refractivity contribution in [2.24, 2.45) is 0 Å². The first-order chi connectivity index (χ1) is 14.4. The largest absolute Gasteiger partial charge is 0.507 e. The lowest BCUT2D eigenvalue weighted by Gasteiger charge is -2.25. The van der Waals surface area contributed by atoms with Crippen molar-refractivity contribution >= 4 is 44.3 Å². The summed E-state index contributed by atoms with van der Waals surface area (Å²) in [7, 11) is 1.55. The number of hydrogen-bond acceptors (Lipinski definition) is 4. The summed E-state index contributed by atoms with van der Waals surface area (Å²) >= 11 is 3.37. The first-order valence-corrected chi connectivity index (χ1v) is 10.3. The highest BCUT2D eigenvalue weighted by Gasteiger charge is 2.47. The zero-order chi connectivity index (χ0) is 21.4. The standard InChI is InChI=1S/C23H21BrN2O4/c1-13-18(16-5-3-4-6-17(16)25-13)20-19(21(27)14-7-9-15(24)10-8-14)22(28)23(29)26(20)11-12-30-2/h3-10,20,25,27H,11-12H2,1-2H3/b21-19+. The Bertz CT molecular complexity index is 1160. The van der Waals surface area contributed by atoms with E-state index in [2.05, 4.69) is 20.9 Å². The Labute approximate surface area is 182 Å².